The van der Waals surface area contributed by atoms with E-state index >= 15 is 0 Å². The highest BCUT2D eigenvalue weighted by atomic mass is 35.5. The summed E-state index contributed by atoms with van der Waals surface area (Å²) in [6.45, 7) is 0. The molecule has 128 valence electrons. The van der Waals surface area contributed by atoms with Crippen molar-refractivity contribution in [3.8, 4) is 6.07 Å². The lowest BCUT2D eigenvalue weighted by atomic mass is 10.0. The standard InChI is InChI=1S/C20H12ClNO2S2/c21-16-5-7-17(8-6-16)25-19-10-9-18(26-19)11-15(12-22)13-1-3-14(4-2-13)20(23)24/h1-11H,(H,23,24)/b15-11-. The Morgan fingerprint density at radius 1 is 1.04 bits per heavy atom. The Labute approximate surface area is 164 Å². The SMILES string of the molecule is N#C/C(=C/c1ccc(Sc2ccc(Cl)cc2)s1)c1ccc(C(=O)O)cc1. The molecule has 0 aliphatic rings. The number of halogens is 1. The third-order valence-corrected chi connectivity index (χ3v) is 5.91. The number of hydrogen-bond acceptors (Lipinski definition) is 4. The number of hydrogen-bond donors (Lipinski definition) is 1. The van der Waals surface area contributed by atoms with Crippen molar-refractivity contribution < 1.29 is 9.90 Å². The molecule has 0 fully saturated rings. The van der Waals surface area contributed by atoms with E-state index in [1.807, 2.05) is 42.5 Å². The van der Waals surface area contributed by atoms with Gasteiger partial charge in [0.25, 0.3) is 0 Å². The first-order chi connectivity index (χ1) is 12.5. The first-order valence-corrected chi connectivity index (χ1v) is 9.55. The normalized spacial score (nSPS) is 11.2. The number of allylic oxidation sites excluding steroid dienone is 1. The molecule has 26 heavy (non-hydrogen) atoms. The van der Waals surface area contributed by atoms with Gasteiger partial charge in [-0.1, -0.05) is 35.5 Å². The van der Waals surface area contributed by atoms with Crippen LogP contribution in [0, 0.1) is 11.3 Å². The zero-order valence-corrected chi connectivity index (χ0v) is 15.7. The minimum atomic E-state index is -0.985. The average Bonchev–Trinajstić information content (AvgIpc) is 3.09. The smallest absolute Gasteiger partial charge is 0.335 e. The molecule has 0 saturated carbocycles. The molecule has 0 spiro atoms. The van der Waals surface area contributed by atoms with Crippen LogP contribution in [0.5, 0.6) is 0 Å². The molecule has 6 heteroatoms. The Bertz CT molecular complexity index is 1000. The number of nitriles is 1. The minimum absolute atomic E-state index is 0.198. The summed E-state index contributed by atoms with van der Waals surface area (Å²) < 4.78 is 1.11. The quantitative estimate of drug-likeness (QED) is 0.512. The second kappa shape index (κ2) is 8.24. The van der Waals surface area contributed by atoms with Crippen LogP contribution < -0.4 is 0 Å². The summed E-state index contributed by atoms with van der Waals surface area (Å²) in [4.78, 5) is 13.0. The molecule has 0 amide bonds. The van der Waals surface area contributed by atoms with Gasteiger partial charge in [0.1, 0.15) is 0 Å². The van der Waals surface area contributed by atoms with E-state index in [1.165, 1.54) is 12.1 Å². The summed E-state index contributed by atoms with van der Waals surface area (Å²) >= 11 is 9.12. The fourth-order valence-electron chi connectivity index (χ4n) is 2.20. The molecular formula is C20H12ClNO2S2. The monoisotopic (exact) mass is 397 g/mol. The van der Waals surface area contributed by atoms with Crippen LogP contribution >= 0.6 is 34.7 Å². The molecule has 1 N–H and O–H groups in total. The molecule has 3 aromatic rings. The predicted octanol–water partition coefficient (Wildman–Crippen LogP) is 6.32. The fraction of sp³-hybridized carbons (Fsp3) is 0. The highest BCUT2D eigenvalue weighted by molar-refractivity contribution is 8.01. The molecule has 1 aromatic heterocycles. The number of thiophene rings is 1. The first kappa shape index (κ1) is 18.3. The van der Waals surface area contributed by atoms with E-state index in [1.54, 1.807) is 35.2 Å². The predicted molar refractivity (Wildman–Crippen MR) is 107 cm³/mol. The van der Waals surface area contributed by atoms with E-state index in [4.69, 9.17) is 16.7 Å². The van der Waals surface area contributed by atoms with Crippen LogP contribution in [-0.4, -0.2) is 11.1 Å². The molecule has 0 aliphatic carbocycles. The molecule has 3 rings (SSSR count). The summed E-state index contributed by atoms with van der Waals surface area (Å²) in [7, 11) is 0. The van der Waals surface area contributed by atoms with Gasteiger partial charge >= 0.3 is 5.97 Å². The van der Waals surface area contributed by atoms with Gasteiger partial charge in [-0.05, 0) is 60.2 Å². The maximum absolute atomic E-state index is 10.9. The molecule has 0 bridgehead atoms. The highest BCUT2D eigenvalue weighted by Crippen LogP contribution is 2.35. The van der Waals surface area contributed by atoms with Crippen LogP contribution in [0.15, 0.2) is 69.8 Å². The van der Waals surface area contributed by atoms with E-state index in [-0.39, 0.29) is 5.56 Å². The van der Waals surface area contributed by atoms with Crippen molar-refractivity contribution in [1.82, 2.24) is 0 Å². The van der Waals surface area contributed by atoms with Gasteiger partial charge in [0, 0.05) is 14.8 Å². The average molecular weight is 398 g/mol. The lowest BCUT2D eigenvalue weighted by molar-refractivity contribution is 0.0697. The van der Waals surface area contributed by atoms with Crippen LogP contribution in [0.1, 0.15) is 20.8 Å². The van der Waals surface area contributed by atoms with Gasteiger partial charge in [0.15, 0.2) is 0 Å². The molecule has 0 atom stereocenters. The van der Waals surface area contributed by atoms with Gasteiger partial charge in [0.2, 0.25) is 0 Å². The van der Waals surface area contributed by atoms with Crippen molar-refractivity contribution in [3.63, 3.8) is 0 Å². The lowest BCUT2D eigenvalue weighted by Gasteiger charge is -2.00. The van der Waals surface area contributed by atoms with Crippen molar-refractivity contribution >= 4 is 52.3 Å². The zero-order chi connectivity index (χ0) is 18.5. The third kappa shape index (κ3) is 4.55. The van der Waals surface area contributed by atoms with Crippen molar-refractivity contribution in [2.75, 3.05) is 0 Å². The van der Waals surface area contributed by atoms with E-state index < -0.39 is 5.97 Å². The first-order valence-electron chi connectivity index (χ1n) is 7.54. The maximum Gasteiger partial charge on any atom is 0.335 e. The van der Waals surface area contributed by atoms with Gasteiger partial charge in [-0.3, -0.25) is 0 Å². The fourth-order valence-corrected chi connectivity index (χ4v) is 4.39. The van der Waals surface area contributed by atoms with Gasteiger partial charge in [-0.25, -0.2) is 4.79 Å². The van der Waals surface area contributed by atoms with E-state index in [2.05, 4.69) is 6.07 Å². The molecule has 0 radical (unpaired) electrons. The molecule has 0 unspecified atom stereocenters. The summed E-state index contributed by atoms with van der Waals surface area (Å²) in [6, 6.07) is 20.1. The number of aromatic carboxylic acids is 1. The molecule has 3 nitrogen and oxygen atoms in total. The molecule has 1 heterocycles. The third-order valence-electron chi connectivity index (χ3n) is 3.48. The summed E-state index contributed by atoms with van der Waals surface area (Å²) in [5, 5.41) is 19.1. The van der Waals surface area contributed by atoms with E-state index in [0.717, 1.165) is 14.0 Å². The summed E-state index contributed by atoms with van der Waals surface area (Å²) in [6.07, 6.45) is 1.81. The second-order valence-electron chi connectivity index (χ2n) is 5.27. The van der Waals surface area contributed by atoms with Crippen LogP contribution in [0.4, 0.5) is 0 Å². The topological polar surface area (TPSA) is 61.1 Å². The number of nitrogens with zero attached hydrogens (tertiary/aromatic N) is 1. The Morgan fingerprint density at radius 3 is 2.31 bits per heavy atom. The van der Waals surface area contributed by atoms with E-state index in [9.17, 15) is 10.1 Å². The van der Waals surface area contributed by atoms with Crippen LogP contribution in [-0.2, 0) is 0 Å². The number of rotatable bonds is 5. The van der Waals surface area contributed by atoms with Crippen molar-refractivity contribution in [3.05, 3.63) is 81.7 Å². The second-order valence-corrected chi connectivity index (χ2v) is 8.19. The van der Waals surface area contributed by atoms with Gasteiger partial charge < -0.3 is 5.11 Å². The van der Waals surface area contributed by atoms with E-state index in [0.29, 0.717) is 16.2 Å². The largest absolute Gasteiger partial charge is 0.478 e. The molecular weight excluding hydrogens is 386 g/mol. The van der Waals surface area contributed by atoms with Crippen LogP contribution in [0.3, 0.4) is 0 Å². The van der Waals surface area contributed by atoms with Crippen molar-refractivity contribution in [1.29, 1.82) is 5.26 Å². The van der Waals surface area contributed by atoms with Gasteiger partial charge in [0.05, 0.1) is 21.4 Å². The Morgan fingerprint density at radius 2 is 1.69 bits per heavy atom. The molecule has 2 aromatic carbocycles. The molecule has 0 aliphatic heterocycles. The Balaban J connectivity index is 1.79. The number of carboxylic acids is 1. The minimum Gasteiger partial charge on any atom is -0.478 e. The summed E-state index contributed by atoms with van der Waals surface area (Å²) in [5.74, 6) is -0.985. The summed E-state index contributed by atoms with van der Waals surface area (Å²) in [5.41, 5.74) is 1.38. The van der Waals surface area contributed by atoms with Crippen molar-refractivity contribution in [2.24, 2.45) is 0 Å². The lowest BCUT2D eigenvalue weighted by Crippen LogP contribution is -1.95. The van der Waals surface area contributed by atoms with Crippen LogP contribution in [0.25, 0.3) is 11.6 Å². The Kier molecular flexibility index (Phi) is 5.79. The molecule has 0 saturated heterocycles. The number of benzene rings is 2. The van der Waals surface area contributed by atoms with Crippen LogP contribution in [0.2, 0.25) is 5.02 Å². The number of carboxylic acid groups (broad SMARTS) is 1. The maximum atomic E-state index is 10.9. The highest BCUT2D eigenvalue weighted by Gasteiger charge is 2.07. The van der Waals surface area contributed by atoms with Gasteiger partial charge in [-0.15, -0.1) is 11.3 Å². The Hall–Kier alpha value is -2.52. The van der Waals surface area contributed by atoms with Crippen molar-refractivity contribution in [2.45, 2.75) is 9.10 Å². The number of carbonyl (C=O) groups is 1. The zero-order valence-electron chi connectivity index (χ0n) is 13.3. The van der Waals surface area contributed by atoms with Gasteiger partial charge in [-0.2, -0.15) is 5.26 Å².